The molecule has 0 amide bonds. The summed E-state index contributed by atoms with van der Waals surface area (Å²) in [6.45, 7) is 0. The number of fused-ring (bicyclic) bond motifs is 10. The van der Waals surface area contributed by atoms with Gasteiger partial charge >= 0.3 is 0 Å². The van der Waals surface area contributed by atoms with Crippen molar-refractivity contribution < 1.29 is 8.83 Å². The van der Waals surface area contributed by atoms with Crippen LogP contribution in [0.3, 0.4) is 0 Å². The Balaban J connectivity index is 1.18. The Labute approximate surface area is 258 Å². The van der Waals surface area contributed by atoms with E-state index in [0.717, 1.165) is 88.2 Å². The summed E-state index contributed by atoms with van der Waals surface area (Å²) in [6, 6.07) is 53.4. The van der Waals surface area contributed by atoms with Crippen molar-refractivity contribution in [1.82, 2.24) is 4.57 Å². The van der Waals surface area contributed by atoms with Crippen LogP contribution in [0, 0.1) is 0 Å². The van der Waals surface area contributed by atoms with Crippen LogP contribution < -0.4 is 0 Å². The molecule has 0 aliphatic heterocycles. The zero-order valence-corrected chi connectivity index (χ0v) is 24.2. The molecule has 0 atom stereocenters. The van der Waals surface area contributed by atoms with E-state index in [1.165, 1.54) is 5.39 Å². The fourth-order valence-electron chi connectivity index (χ4n) is 7.20. The third kappa shape index (κ3) is 3.46. The molecule has 0 aliphatic carbocycles. The van der Waals surface area contributed by atoms with Gasteiger partial charge in [0.2, 0.25) is 0 Å². The van der Waals surface area contributed by atoms with Crippen LogP contribution in [0.1, 0.15) is 0 Å². The van der Waals surface area contributed by atoms with Crippen LogP contribution >= 0.6 is 0 Å². The van der Waals surface area contributed by atoms with E-state index in [9.17, 15) is 0 Å². The summed E-state index contributed by atoms with van der Waals surface area (Å²) >= 11 is 0. The van der Waals surface area contributed by atoms with Crippen molar-refractivity contribution in [2.75, 3.05) is 0 Å². The first-order valence-corrected chi connectivity index (χ1v) is 15.3. The number of nitrogens with zero attached hydrogens (tertiary/aromatic N) is 1. The number of furan rings is 2. The Morgan fingerprint density at radius 3 is 1.76 bits per heavy atom. The lowest BCUT2D eigenvalue weighted by atomic mass is 10.0. The zero-order chi connectivity index (χ0) is 29.5. The zero-order valence-electron chi connectivity index (χ0n) is 24.2. The number of benzene rings is 7. The van der Waals surface area contributed by atoms with Gasteiger partial charge in [-0.2, -0.15) is 0 Å². The van der Waals surface area contributed by atoms with Gasteiger partial charge < -0.3 is 13.4 Å². The Morgan fingerprint density at radius 1 is 0.356 bits per heavy atom. The van der Waals surface area contributed by atoms with E-state index in [1.54, 1.807) is 0 Å². The fourth-order valence-corrected chi connectivity index (χ4v) is 7.20. The Morgan fingerprint density at radius 2 is 0.956 bits per heavy atom. The number of rotatable bonds is 3. The predicted molar refractivity (Wildman–Crippen MR) is 186 cm³/mol. The molecular weight excluding hydrogens is 550 g/mol. The molecule has 10 aromatic rings. The minimum absolute atomic E-state index is 0.912. The van der Waals surface area contributed by atoms with Crippen LogP contribution in [0.4, 0.5) is 0 Å². The first-order chi connectivity index (χ1) is 22.3. The average Bonchev–Trinajstić information content (AvgIpc) is 3.78. The van der Waals surface area contributed by atoms with Crippen molar-refractivity contribution in [2.24, 2.45) is 0 Å². The van der Waals surface area contributed by atoms with Gasteiger partial charge in [-0.1, -0.05) is 115 Å². The molecule has 0 saturated heterocycles. The molecule has 0 spiro atoms. The molecule has 0 bridgehead atoms. The van der Waals surface area contributed by atoms with E-state index in [1.807, 2.05) is 18.2 Å². The van der Waals surface area contributed by atoms with Crippen LogP contribution in [-0.4, -0.2) is 4.57 Å². The van der Waals surface area contributed by atoms with E-state index >= 15 is 0 Å². The lowest BCUT2D eigenvalue weighted by Crippen LogP contribution is -1.93. The van der Waals surface area contributed by atoms with E-state index in [4.69, 9.17) is 8.83 Å². The Kier molecular flexibility index (Phi) is 5.00. The molecule has 0 saturated carbocycles. The van der Waals surface area contributed by atoms with Crippen molar-refractivity contribution in [3.8, 4) is 27.9 Å². The summed E-state index contributed by atoms with van der Waals surface area (Å²) in [5.41, 5.74) is 11.5. The van der Waals surface area contributed by atoms with E-state index in [2.05, 4.69) is 138 Å². The largest absolute Gasteiger partial charge is 0.455 e. The predicted octanol–water partition coefficient (Wildman–Crippen LogP) is 11.9. The maximum atomic E-state index is 6.83. The molecule has 10 rings (SSSR count). The molecule has 7 aromatic carbocycles. The van der Waals surface area contributed by atoms with Gasteiger partial charge in [0.25, 0.3) is 0 Å². The smallest absolute Gasteiger partial charge is 0.145 e. The van der Waals surface area contributed by atoms with Crippen LogP contribution in [0.5, 0.6) is 0 Å². The standard InChI is InChI=1S/C42H25NO2/c1-2-10-26(11-3-1)29-14-9-17-33-34-24-25-37-39(42(34)45-41(29)33)35-13-4-6-18-36(35)43(37)28-22-20-27(21-23-28)30-15-8-16-32-31-12-5-7-19-38(31)44-40(30)32/h1-25H. The van der Waals surface area contributed by atoms with Crippen molar-refractivity contribution in [3.63, 3.8) is 0 Å². The number of aromatic nitrogens is 1. The van der Waals surface area contributed by atoms with Gasteiger partial charge in [0.1, 0.15) is 22.3 Å². The van der Waals surface area contributed by atoms with Crippen molar-refractivity contribution in [1.29, 1.82) is 0 Å². The summed E-state index contributed by atoms with van der Waals surface area (Å²) in [5.74, 6) is 0. The highest BCUT2D eigenvalue weighted by molar-refractivity contribution is 6.24. The van der Waals surface area contributed by atoms with Crippen LogP contribution in [0.25, 0.3) is 93.6 Å². The Hall–Kier alpha value is -6.06. The average molecular weight is 576 g/mol. The second-order valence-corrected chi connectivity index (χ2v) is 11.7. The summed E-state index contributed by atoms with van der Waals surface area (Å²) in [5, 5.41) is 6.86. The molecule has 3 aromatic heterocycles. The molecule has 3 heteroatoms. The van der Waals surface area contributed by atoms with Crippen LogP contribution in [0.2, 0.25) is 0 Å². The SMILES string of the molecule is c1ccc(-c2cccc3c2oc2c3ccc3c2c2ccccc2n3-c2ccc(-c3cccc4c3oc3ccccc34)cc2)cc1. The lowest BCUT2D eigenvalue weighted by molar-refractivity contribution is 0.670. The van der Waals surface area contributed by atoms with Crippen LogP contribution in [-0.2, 0) is 0 Å². The number of hydrogen-bond donors (Lipinski definition) is 0. The highest BCUT2D eigenvalue weighted by atomic mass is 16.3. The van der Waals surface area contributed by atoms with E-state index < -0.39 is 0 Å². The van der Waals surface area contributed by atoms with Gasteiger partial charge in [0.15, 0.2) is 0 Å². The summed E-state index contributed by atoms with van der Waals surface area (Å²) in [4.78, 5) is 0. The molecule has 0 radical (unpaired) electrons. The minimum Gasteiger partial charge on any atom is -0.455 e. The minimum atomic E-state index is 0.912. The van der Waals surface area contributed by atoms with Gasteiger partial charge in [-0.15, -0.1) is 0 Å². The third-order valence-corrected chi connectivity index (χ3v) is 9.23. The number of para-hydroxylation sites is 4. The lowest BCUT2D eigenvalue weighted by Gasteiger charge is -2.09. The van der Waals surface area contributed by atoms with Crippen molar-refractivity contribution in [2.45, 2.75) is 0 Å². The topological polar surface area (TPSA) is 31.2 Å². The molecular formula is C42H25NO2. The summed E-state index contributed by atoms with van der Waals surface area (Å²) in [7, 11) is 0. The molecule has 45 heavy (non-hydrogen) atoms. The first-order valence-electron chi connectivity index (χ1n) is 15.3. The first kappa shape index (κ1) is 24.4. The molecule has 3 nitrogen and oxygen atoms in total. The summed E-state index contributed by atoms with van der Waals surface area (Å²) in [6.07, 6.45) is 0. The van der Waals surface area contributed by atoms with Gasteiger partial charge in [-0.3, -0.25) is 0 Å². The second kappa shape index (κ2) is 9.22. The van der Waals surface area contributed by atoms with Gasteiger partial charge in [0.05, 0.1) is 16.4 Å². The van der Waals surface area contributed by atoms with Crippen molar-refractivity contribution in [3.05, 3.63) is 152 Å². The maximum Gasteiger partial charge on any atom is 0.145 e. The third-order valence-electron chi connectivity index (χ3n) is 9.23. The normalized spacial score (nSPS) is 12.0. The van der Waals surface area contributed by atoms with E-state index in [0.29, 0.717) is 0 Å². The van der Waals surface area contributed by atoms with Gasteiger partial charge in [-0.25, -0.2) is 0 Å². The number of hydrogen-bond acceptors (Lipinski definition) is 2. The molecule has 0 aliphatic rings. The molecule has 3 heterocycles. The highest BCUT2D eigenvalue weighted by Gasteiger charge is 2.20. The quantitative estimate of drug-likeness (QED) is 0.210. The maximum absolute atomic E-state index is 6.83. The van der Waals surface area contributed by atoms with E-state index in [-0.39, 0.29) is 0 Å². The molecule has 210 valence electrons. The summed E-state index contributed by atoms with van der Waals surface area (Å²) < 4.78 is 15.5. The fraction of sp³-hybridized carbons (Fsp3) is 0. The Bertz CT molecular complexity index is 2740. The highest BCUT2D eigenvalue weighted by Crippen LogP contribution is 2.43. The second-order valence-electron chi connectivity index (χ2n) is 11.7. The van der Waals surface area contributed by atoms with Gasteiger partial charge in [0, 0.05) is 43.7 Å². The molecule has 0 fully saturated rings. The van der Waals surface area contributed by atoms with Crippen LogP contribution in [0.15, 0.2) is 160 Å². The molecule has 0 unspecified atom stereocenters. The van der Waals surface area contributed by atoms with Gasteiger partial charge in [-0.05, 0) is 47.5 Å². The molecule has 0 N–H and O–H groups in total. The van der Waals surface area contributed by atoms with Crippen molar-refractivity contribution >= 4 is 65.7 Å². The monoisotopic (exact) mass is 575 g/mol.